The monoisotopic (exact) mass is 332 g/mol. The lowest BCUT2D eigenvalue weighted by atomic mass is 10.1. The molecule has 0 saturated heterocycles. The zero-order valence-electron chi connectivity index (χ0n) is 13.4. The molecule has 0 aliphatic heterocycles. The lowest BCUT2D eigenvalue weighted by Gasteiger charge is -2.08. The summed E-state index contributed by atoms with van der Waals surface area (Å²) in [7, 11) is 0. The van der Waals surface area contributed by atoms with Gasteiger partial charge in [-0.3, -0.25) is 9.59 Å². The molecule has 2 aromatic carbocycles. The third-order valence-electron chi connectivity index (χ3n) is 4.20. The molecular weight excluding hydrogens is 316 g/mol. The highest BCUT2D eigenvalue weighted by Crippen LogP contribution is 2.16. The number of aromatic nitrogens is 3. The summed E-state index contributed by atoms with van der Waals surface area (Å²) in [5.41, 5.74) is 1.24. The molecule has 0 spiro atoms. The zero-order chi connectivity index (χ0) is 17.2. The Morgan fingerprint density at radius 2 is 1.92 bits per heavy atom. The number of fused-ring (bicyclic) bond motifs is 2. The van der Waals surface area contributed by atoms with E-state index in [0.717, 1.165) is 16.3 Å². The van der Waals surface area contributed by atoms with Crippen molar-refractivity contribution in [3.63, 3.8) is 0 Å². The average molecular weight is 332 g/mol. The molecule has 0 saturated carbocycles. The Labute approximate surface area is 143 Å². The zero-order valence-corrected chi connectivity index (χ0v) is 13.4. The van der Waals surface area contributed by atoms with E-state index in [2.05, 4.69) is 15.4 Å². The van der Waals surface area contributed by atoms with E-state index in [9.17, 15) is 9.59 Å². The number of nitrogens with one attached hydrogen (secondary N) is 2. The smallest absolute Gasteiger partial charge is 0.274 e. The Kier molecular flexibility index (Phi) is 3.78. The minimum absolute atomic E-state index is 0.154. The number of hydrogen-bond acceptors (Lipinski definition) is 3. The van der Waals surface area contributed by atoms with Gasteiger partial charge in [0.1, 0.15) is 0 Å². The topological polar surface area (TPSA) is 79.8 Å². The van der Waals surface area contributed by atoms with Crippen molar-refractivity contribution in [1.82, 2.24) is 20.1 Å². The Bertz CT molecular complexity index is 1130. The third kappa shape index (κ3) is 2.78. The normalized spacial score (nSPS) is 11.0. The maximum Gasteiger partial charge on any atom is 0.274 e. The van der Waals surface area contributed by atoms with Gasteiger partial charge in [0, 0.05) is 23.5 Å². The number of hydrogen-bond donors (Lipinski definition) is 2. The minimum atomic E-state index is -0.179. The van der Waals surface area contributed by atoms with Crippen LogP contribution in [0, 0.1) is 0 Å². The summed E-state index contributed by atoms with van der Waals surface area (Å²) in [6, 6.07) is 14.8. The first kappa shape index (κ1) is 15.1. The highest BCUT2D eigenvalue weighted by Gasteiger charge is 2.10. The van der Waals surface area contributed by atoms with Crippen molar-refractivity contribution < 1.29 is 4.79 Å². The van der Waals surface area contributed by atoms with Crippen molar-refractivity contribution in [2.45, 2.75) is 6.54 Å². The fraction of sp³-hybridized carbons (Fsp3) is 0.105. The number of carbonyl (C=O) groups is 1. The third-order valence-corrected chi connectivity index (χ3v) is 4.20. The van der Waals surface area contributed by atoms with Gasteiger partial charge in [0.05, 0.1) is 29.2 Å². The molecule has 0 radical (unpaired) electrons. The number of benzene rings is 2. The van der Waals surface area contributed by atoms with Crippen LogP contribution in [0.15, 0.2) is 65.7 Å². The van der Waals surface area contributed by atoms with E-state index in [0.29, 0.717) is 24.0 Å². The van der Waals surface area contributed by atoms with Gasteiger partial charge in [-0.2, -0.15) is 5.10 Å². The first-order valence-corrected chi connectivity index (χ1v) is 8.03. The molecule has 1 amide bonds. The van der Waals surface area contributed by atoms with E-state index in [1.165, 1.54) is 4.68 Å². The molecule has 0 bridgehead atoms. The highest BCUT2D eigenvalue weighted by atomic mass is 16.2. The van der Waals surface area contributed by atoms with Crippen LogP contribution in [0.25, 0.3) is 21.7 Å². The molecule has 124 valence electrons. The van der Waals surface area contributed by atoms with Crippen LogP contribution in [0.3, 0.4) is 0 Å². The molecule has 6 nitrogen and oxygen atoms in total. The van der Waals surface area contributed by atoms with E-state index < -0.39 is 0 Å². The van der Waals surface area contributed by atoms with Crippen LogP contribution in [0.2, 0.25) is 0 Å². The SMILES string of the molecule is O=C(NCCn1ncc2ccccc2c1=O)c1cccc2cc[nH]c12. The van der Waals surface area contributed by atoms with E-state index in [1.54, 1.807) is 24.5 Å². The molecule has 0 fully saturated rings. The molecule has 6 heteroatoms. The molecule has 4 rings (SSSR count). The van der Waals surface area contributed by atoms with Crippen molar-refractivity contribution in [3.05, 3.63) is 76.8 Å². The summed E-state index contributed by atoms with van der Waals surface area (Å²) < 4.78 is 1.37. The van der Waals surface area contributed by atoms with Gasteiger partial charge in [-0.15, -0.1) is 0 Å². The second kappa shape index (κ2) is 6.24. The van der Waals surface area contributed by atoms with Gasteiger partial charge in [-0.25, -0.2) is 4.68 Å². The van der Waals surface area contributed by atoms with Gasteiger partial charge >= 0.3 is 0 Å². The summed E-state index contributed by atoms with van der Waals surface area (Å²) in [4.78, 5) is 27.9. The summed E-state index contributed by atoms with van der Waals surface area (Å²) >= 11 is 0. The van der Waals surface area contributed by atoms with Gasteiger partial charge in [0.15, 0.2) is 0 Å². The number of H-pyrrole nitrogens is 1. The van der Waals surface area contributed by atoms with Crippen LogP contribution >= 0.6 is 0 Å². The van der Waals surface area contributed by atoms with Crippen molar-refractivity contribution in [1.29, 1.82) is 0 Å². The first-order chi connectivity index (χ1) is 12.2. The van der Waals surface area contributed by atoms with Crippen molar-refractivity contribution in [2.75, 3.05) is 6.54 Å². The van der Waals surface area contributed by atoms with Crippen LogP contribution in [0.5, 0.6) is 0 Å². The molecule has 2 heterocycles. The van der Waals surface area contributed by atoms with Crippen LogP contribution in [-0.2, 0) is 6.54 Å². The summed E-state index contributed by atoms with van der Waals surface area (Å²) in [5, 5.41) is 9.43. The molecule has 0 aliphatic carbocycles. The van der Waals surface area contributed by atoms with E-state index >= 15 is 0 Å². The highest BCUT2D eigenvalue weighted by molar-refractivity contribution is 6.05. The second-order valence-corrected chi connectivity index (χ2v) is 5.76. The molecule has 0 aliphatic rings. The van der Waals surface area contributed by atoms with Gasteiger partial charge in [-0.1, -0.05) is 30.3 Å². The van der Waals surface area contributed by atoms with Gasteiger partial charge < -0.3 is 10.3 Å². The largest absolute Gasteiger partial charge is 0.361 e. The Balaban J connectivity index is 1.49. The molecular formula is C19H16N4O2. The first-order valence-electron chi connectivity index (χ1n) is 8.03. The minimum Gasteiger partial charge on any atom is -0.361 e. The molecule has 25 heavy (non-hydrogen) atoms. The lowest BCUT2D eigenvalue weighted by Crippen LogP contribution is -2.32. The fourth-order valence-electron chi connectivity index (χ4n) is 2.93. The molecule has 0 atom stereocenters. The van der Waals surface area contributed by atoms with E-state index in [1.807, 2.05) is 36.4 Å². The maximum absolute atomic E-state index is 12.4. The van der Waals surface area contributed by atoms with Crippen molar-refractivity contribution >= 4 is 27.6 Å². The van der Waals surface area contributed by atoms with E-state index in [4.69, 9.17) is 0 Å². The Morgan fingerprint density at radius 1 is 1.08 bits per heavy atom. The summed E-state index contributed by atoms with van der Waals surface area (Å²) in [6.07, 6.45) is 3.47. The number of para-hydroxylation sites is 1. The van der Waals surface area contributed by atoms with Crippen LogP contribution < -0.4 is 10.9 Å². The van der Waals surface area contributed by atoms with Crippen LogP contribution in [-0.4, -0.2) is 27.2 Å². The Morgan fingerprint density at radius 3 is 2.84 bits per heavy atom. The number of nitrogens with zero attached hydrogens (tertiary/aromatic N) is 2. The average Bonchev–Trinajstić information content (AvgIpc) is 3.12. The Hall–Kier alpha value is -3.41. The van der Waals surface area contributed by atoms with Crippen LogP contribution in [0.4, 0.5) is 0 Å². The summed E-state index contributed by atoms with van der Waals surface area (Å²) in [6.45, 7) is 0.636. The molecule has 2 N–H and O–H groups in total. The predicted molar refractivity (Wildman–Crippen MR) is 96.6 cm³/mol. The quantitative estimate of drug-likeness (QED) is 0.602. The molecule has 4 aromatic rings. The number of aromatic amines is 1. The van der Waals surface area contributed by atoms with Gasteiger partial charge in [0.25, 0.3) is 11.5 Å². The predicted octanol–water partition coefficient (Wildman–Crippen LogP) is 2.31. The maximum atomic E-state index is 12.4. The van der Waals surface area contributed by atoms with Gasteiger partial charge in [-0.05, 0) is 18.2 Å². The van der Waals surface area contributed by atoms with Gasteiger partial charge in [0.2, 0.25) is 0 Å². The number of rotatable bonds is 4. The lowest BCUT2D eigenvalue weighted by molar-refractivity contribution is 0.0953. The van der Waals surface area contributed by atoms with Crippen LogP contribution in [0.1, 0.15) is 10.4 Å². The van der Waals surface area contributed by atoms with Crippen molar-refractivity contribution in [2.24, 2.45) is 0 Å². The molecule has 0 unspecified atom stereocenters. The molecule has 2 aromatic heterocycles. The summed E-state index contributed by atoms with van der Waals surface area (Å²) in [5.74, 6) is -0.179. The van der Waals surface area contributed by atoms with Crippen molar-refractivity contribution in [3.8, 4) is 0 Å². The second-order valence-electron chi connectivity index (χ2n) is 5.76. The fourth-order valence-corrected chi connectivity index (χ4v) is 2.93. The number of carbonyl (C=O) groups excluding carboxylic acids is 1. The standard InChI is InChI=1S/C19H16N4O2/c24-18(16-7-3-5-13-8-9-20-17(13)16)21-10-11-23-19(25)15-6-2-1-4-14(15)12-22-23/h1-9,12,20H,10-11H2,(H,21,24). The number of amides is 1. The van der Waals surface area contributed by atoms with E-state index in [-0.39, 0.29) is 11.5 Å².